The number of aromatic nitrogens is 2. The third-order valence-corrected chi connectivity index (χ3v) is 5.14. The molecule has 2 aromatic heterocycles. The quantitative estimate of drug-likeness (QED) is 0.920. The minimum Gasteiger partial charge on any atom is -0.377 e. The molecule has 0 aliphatic carbocycles. The van der Waals surface area contributed by atoms with Gasteiger partial charge in [-0.15, -0.1) is 0 Å². The second-order valence-electron chi connectivity index (χ2n) is 6.75. The van der Waals surface area contributed by atoms with Crippen molar-refractivity contribution in [3.63, 3.8) is 0 Å². The molecule has 5 nitrogen and oxygen atoms in total. The summed E-state index contributed by atoms with van der Waals surface area (Å²) in [5.74, 6) is 0.898. The molecule has 1 unspecified atom stereocenters. The van der Waals surface area contributed by atoms with E-state index in [-0.39, 0.29) is 0 Å². The maximum absolute atomic E-state index is 5.97. The van der Waals surface area contributed by atoms with E-state index in [1.807, 2.05) is 18.2 Å². The lowest BCUT2D eigenvalue weighted by atomic mass is 10.0. The Kier molecular flexibility index (Phi) is 4.83. The number of hydrogen-bond donors (Lipinski definition) is 1. The SMILES string of the molecule is Clc1cnc2nc(NC3CCN(CC4CCCO4)CC3)ccc2c1. The highest BCUT2D eigenvalue weighted by Crippen LogP contribution is 2.21. The molecule has 4 rings (SSSR count). The Morgan fingerprint density at radius 2 is 2.12 bits per heavy atom. The number of fused-ring (bicyclic) bond motifs is 1. The summed E-state index contributed by atoms with van der Waals surface area (Å²) in [4.78, 5) is 11.4. The molecule has 0 radical (unpaired) electrons. The Hall–Kier alpha value is -1.43. The van der Waals surface area contributed by atoms with Gasteiger partial charge in [0.15, 0.2) is 5.65 Å². The van der Waals surface area contributed by atoms with Crippen LogP contribution in [0.5, 0.6) is 0 Å². The van der Waals surface area contributed by atoms with Gasteiger partial charge in [-0.2, -0.15) is 0 Å². The molecule has 0 amide bonds. The predicted octanol–water partition coefficient (Wildman–Crippen LogP) is 3.34. The van der Waals surface area contributed by atoms with E-state index in [4.69, 9.17) is 16.3 Å². The standard InChI is InChI=1S/C18H23ClN4O/c19-14-10-13-3-4-17(22-18(13)20-11-14)21-15-5-7-23(8-6-15)12-16-2-1-9-24-16/h3-4,10-11,15-16H,1-2,5-9,12H2,(H,20,21,22). The lowest BCUT2D eigenvalue weighted by Crippen LogP contribution is -2.42. The Balaban J connectivity index is 1.32. The molecule has 2 fully saturated rings. The highest BCUT2D eigenvalue weighted by atomic mass is 35.5. The Labute approximate surface area is 147 Å². The fourth-order valence-corrected chi connectivity index (χ4v) is 3.78. The first kappa shape index (κ1) is 16.1. The maximum Gasteiger partial charge on any atom is 0.161 e. The summed E-state index contributed by atoms with van der Waals surface area (Å²) in [6.07, 6.45) is 6.81. The third-order valence-electron chi connectivity index (χ3n) is 4.93. The van der Waals surface area contributed by atoms with E-state index in [1.165, 1.54) is 12.8 Å². The van der Waals surface area contributed by atoms with Gasteiger partial charge in [0.1, 0.15) is 5.82 Å². The molecule has 0 bridgehead atoms. The van der Waals surface area contributed by atoms with E-state index in [1.54, 1.807) is 6.20 Å². The molecular formula is C18H23ClN4O. The van der Waals surface area contributed by atoms with Crippen LogP contribution in [0.2, 0.25) is 5.02 Å². The summed E-state index contributed by atoms with van der Waals surface area (Å²) in [5.41, 5.74) is 0.736. The van der Waals surface area contributed by atoms with Gasteiger partial charge in [-0.1, -0.05) is 11.6 Å². The number of nitrogens with zero attached hydrogens (tertiary/aromatic N) is 3. The molecule has 4 heterocycles. The number of pyridine rings is 2. The Bertz CT molecular complexity index is 696. The molecule has 2 saturated heterocycles. The van der Waals surface area contributed by atoms with Crippen LogP contribution in [0.3, 0.4) is 0 Å². The number of halogens is 1. The summed E-state index contributed by atoms with van der Waals surface area (Å²) in [7, 11) is 0. The first-order chi connectivity index (χ1) is 11.8. The summed E-state index contributed by atoms with van der Waals surface area (Å²) < 4.78 is 5.74. The molecule has 0 saturated carbocycles. The molecule has 0 spiro atoms. The zero-order valence-corrected chi connectivity index (χ0v) is 14.5. The van der Waals surface area contributed by atoms with Crippen LogP contribution in [0.15, 0.2) is 24.4 Å². The zero-order valence-electron chi connectivity index (χ0n) is 13.7. The monoisotopic (exact) mass is 346 g/mol. The molecule has 6 heteroatoms. The van der Waals surface area contributed by atoms with Crippen molar-refractivity contribution in [3.8, 4) is 0 Å². The van der Waals surface area contributed by atoms with Gasteiger partial charge in [-0.05, 0) is 43.9 Å². The van der Waals surface area contributed by atoms with Crippen molar-refractivity contribution in [2.45, 2.75) is 37.8 Å². The third kappa shape index (κ3) is 3.79. The molecule has 0 aromatic carbocycles. The van der Waals surface area contributed by atoms with Gasteiger partial charge in [0.05, 0.1) is 11.1 Å². The summed E-state index contributed by atoms with van der Waals surface area (Å²) in [5, 5.41) is 5.17. The summed E-state index contributed by atoms with van der Waals surface area (Å²) >= 11 is 5.97. The molecule has 2 aromatic rings. The van der Waals surface area contributed by atoms with Crippen molar-refractivity contribution < 1.29 is 4.74 Å². The van der Waals surface area contributed by atoms with E-state index < -0.39 is 0 Å². The molecule has 2 aliphatic heterocycles. The average Bonchev–Trinajstić information content (AvgIpc) is 3.10. The van der Waals surface area contributed by atoms with E-state index in [9.17, 15) is 0 Å². The predicted molar refractivity (Wildman–Crippen MR) is 96.6 cm³/mol. The highest BCUT2D eigenvalue weighted by molar-refractivity contribution is 6.31. The lowest BCUT2D eigenvalue weighted by Gasteiger charge is -2.33. The molecule has 128 valence electrons. The van der Waals surface area contributed by atoms with E-state index >= 15 is 0 Å². The number of hydrogen-bond acceptors (Lipinski definition) is 5. The van der Waals surface area contributed by atoms with Crippen LogP contribution in [0.1, 0.15) is 25.7 Å². The fourth-order valence-electron chi connectivity index (χ4n) is 3.61. The normalized spacial score (nSPS) is 23.0. The topological polar surface area (TPSA) is 50.3 Å². The Morgan fingerprint density at radius 1 is 1.25 bits per heavy atom. The smallest absolute Gasteiger partial charge is 0.161 e. The average molecular weight is 347 g/mol. The lowest BCUT2D eigenvalue weighted by molar-refractivity contribution is 0.0654. The molecule has 1 N–H and O–H groups in total. The van der Waals surface area contributed by atoms with Crippen molar-refractivity contribution in [1.82, 2.24) is 14.9 Å². The van der Waals surface area contributed by atoms with Crippen LogP contribution >= 0.6 is 11.6 Å². The highest BCUT2D eigenvalue weighted by Gasteiger charge is 2.24. The minimum absolute atomic E-state index is 0.453. The van der Waals surface area contributed by atoms with Gasteiger partial charge in [-0.25, -0.2) is 9.97 Å². The van der Waals surface area contributed by atoms with Gasteiger partial charge < -0.3 is 15.0 Å². The van der Waals surface area contributed by atoms with E-state index in [2.05, 4.69) is 20.2 Å². The minimum atomic E-state index is 0.453. The molecule has 24 heavy (non-hydrogen) atoms. The summed E-state index contributed by atoms with van der Waals surface area (Å²) in [6.45, 7) is 4.28. The number of rotatable bonds is 4. The molecule has 1 atom stereocenters. The number of anilines is 1. The largest absolute Gasteiger partial charge is 0.377 e. The maximum atomic E-state index is 5.97. The van der Waals surface area contributed by atoms with Crippen LogP contribution < -0.4 is 5.32 Å². The van der Waals surface area contributed by atoms with Crippen LogP contribution in [-0.2, 0) is 4.74 Å². The Morgan fingerprint density at radius 3 is 2.92 bits per heavy atom. The first-order valence-corrected chi connectivity index (χ1v) is 9.17. The summed E-state index contributed by atoms with van der Waals surface area (Å²) in [6, 6.07) is 6.40. The van der Waals surface area contributed by atoms with Crippen LogP contribution in [-0.4, -0.2) is 53.3 Å². The first-order valence-electron chi connectivity index (χ1n) is 8.79. The van der Waals surface area contributed by atoms with Gasteiger partial charge in [0, 0.05) is 43.9 Å². The van der Waals surface area contributed by atoms with Crippen molar-refractivity contribution >= 4 is 28.5 Å². The fraction of sp³-hybridized carbons (Fsp3) is 0.556. The number of likely N-dealkylation sites (tertiary alicyclic amines) is 1. The van der Waals surface area contributed by atoms with Crippen molar-refractivity contribution in [2.75, 3.05) is 31.6 Å². The van der Waals surface area contributed by atoms with Gasteiger partial charge >= 0.3 is 0 Å². The van der Waals surface area contributed by atoms with Crippen molar-refractivity contribution in [1.29, 1.82) is 0 Å². The second-order valence-corrected chi connectivity index (χ2v) is 7.19. The van der Waals surface area contributed by atoms with Gasteiger partial charge in [0.25, 0.3) is 0 Å². The second kappa shape index (κ2) is 7.21. The molecule has 2 aliphatic rings. The number of piperidine rings is 1. The number of nitrogens with one attached hydrogen (secondary N) is 1. The van der Waals surface area contributed by atoms with Gasteiger partial charge in [-0.3, -0.25) is 0 Å². The van der Waals surface area contributed by atoms with E-state index in [0.717, 1.165) is 55.9 Å². The zero-order chi connectivity index (χ0) is 16.4. The van der Waals surface area contributed by atoms with Crippen molar-refractivity contribution in [2.24, 2.45) is 0 Å². The van der Waals surface area contributed by atoms with E-state index in [0.29, 0.717) is 17.2 Å². The van der Waals surface area contributed by atoms with Gasteiger partial charge in [0.2, 0.25) is 0 Å². The van der Waals surface area contributed by atoms with Crippen LogP contribution in [0.25, 0.3) is 11.0 Å². The number of ether oxygens (including phenoxy) is 1. The van der Waals surface area contributed by atoms with Crippen LogP contribution in [0.4, 0.5) is 5.82 Å². The van der Waals surface area contributed by atoms with Crippen LogP contribution in [0, 0.1) is 0 Å². The molecular weight excluding hydrogens is 324 g/mol. The van der Waals surface area contributed by atoms with Crippen molar-refractivity contribution in [3.05, 3.63) is 29.4 Å².